The van der Waals surface area contributed by atoms with Gasteiger partial charge in [-0.05, 0) is 122 Å². The van der Waals surface area contributed by atoms with E-state index in [2.05, 4.69) is 39.9 Å². The van der Waals surface area contributed by atoms with Gasteiger partial charge in [-0.15, -0.1) is 0 Å². The minimum absolute atomic E-state index is 0.0173. The first-order valence-electron chi connectivity index (χ1n) is 19.5. The molecule has 2 spiro atoms. The summed E-state index contributed by atoms with van der Waals surface area (Å²) < 4.78 is 24.6. The van der Waals surface area contributed by atoms with Crippen LogP contribution in [0.4, 0.5) is 4.79 Å². The largest absolute Gasteiger partial charge is 0.453 e. The Morgan fingerprint density at radius 1 is 1.00 bits per heavy atom. The number of carbonyl (C=O) groups excluding carboxylic acids is 2. The lowest BCUT2D eigenvalue weighted by atomic mass is 9.41. The van der Waals surface area contributed by atoms with Gasteiger partial charge < -0.3 is 34.3 Å². The standard InChI is InChI=1S/C39H62N2O7/c1-23-19-25(12-16-40-34(44)45-6)47-32-31(23)36(4)14-15-39-22-38(39)13-11-28(35(2,3)26(38)9-10-27(39)37(36,5)33(32)43)48-30-21-41(17-18-46-30)29(42)20-24-7-8-24/h23-28,30-33,43H,7-22H2,1-6H3,(H,40,44)/t23-,25?,26+,27+,28+,30?,31?,32?,33+,36-,37-,38-,39?/m1/s1. The van der Waals surface area contributed by atoms with Gasteiger partial charge in [0.25, 0.3) is 0 Å². The molecule has 9 nitrogen and oxygen atoms in total. The predicted molar refractivity (Wildman–Crippen MR) is 180 cm³/mol. The number of aliphatic hydroxyl groups excluding tert-OH is 1. The molecule has 13 atom stereocenters. The molecule has 8 fully saturated rings. The number of hydrogen-bond acceptors (Lipinski definition) is 7. The number of carbonyl (C=O) groups is 2. The van der Waals surface area contributed by atoms with Crippen molar-refractivity contribution in [2.24, 2.45) is 56.7 Å². The van der Waals surface area contributed by atoms with Crippen LogP contribution in [0.15, 0.2) is 0 Å². The van der Waals surface area contributed by atoms with Gasteiger partial charge >= 0.3 is 6.09 Å². The van der Waals surface area contributed by atoms with Gasteiger partial charge in [0, 0.05) is 24.9 Å². The lowest BCUT2D eigenvalue weighted by Gasteiger charge is -2.64. The fourth-order valence-electron chi connectivity index (χ4n) is 14.0. The van der Waals surface area contributed by atoms with Crippen molar-refractivity contribution < 1.29 is 33.6 Å². The topological polar surface area (TPSA) is 107 Å². The summed E-state index contributed by atoms with van der Waals surface area (Å²) in [5, 5.41) is 15.3. The molecule has 48 heavy (non-hydrogen) atoms. The van der Waals surface area contributed by atoms with Gasteiger partial charge in [0.05, 0.1) is 44.7 Å². The Labute approximate surface area is 287 Å². The lowest BCUT2D eigenvalue weighted by molar-refractivity contribution is -0.248. The smallest absolute Gasteiger partial charge is 0.406 e. The average molecular weight is 671 g/mol. The first-order chi connectivity index (χ1) is 22.8. The molecule has 2 amide bonds. The van der Waals surface area contributed by atoms with Gasteiger partial charge in [0.1, 0.15) is 0 Å². The zero-order valence-corrected chi connectivity index (χ0v) is 30.4. The number of aliphatic hydroxyl groups is 1. The van der Waals surface area contributed by atoms with Gasteiger partial charge in [-0.1, -0.05) is 34.6 Å². The van der Waals surface area contributed by atoms with Crippen LogP contribution in [0.25, 0.3) is 0 Å². The van der Waals surface area contributed by atoms with E-state index in [1.54, 1.807) is 0 Å². The minimum Gasteiger partial charge on any atom is -0.453 e. The van der Waals surface area contributed by atoms with E-state index >= 15 is 0 Å². The minimum atomic E-state index is -0.482. The summed E-state index contributed by atoms with van der Waals surface area (Å²) in [6.45, 7) is 14.6. The summed E-state index contributed by atoms with van der Waals surface area (Å²) in [6, 6.07) is 0. The van der Waals surface area contributed by atoms with Crippen LogP contribution in [0.3, 0.4) is 0 Å². The molecule has 9 heteroatoms. The van der Waals surface area contributed by atoms with E-state index < -0.39 is 12.2 Å². The van der Waals surface area contributed by atoms with Crippen molar-refractivity contribution in [1.29, 1.82) is 0 Å². The molecule has 270 valence electrons. The van der Waals surface area contributed by atoms with Gasteiger partial charge in [-0.3, -0.25) is 4.79 Å². The Balaban J connectivity index is 0.974. The number of hydrogen-bond donors (Lipinski definition) is 2. The predicted octanol–water partition coefficient (Wildman–Crippen LogP) is 5.92. The van der Waals surface area contributed by atoms with Gasteiger partial charge in [-0.2, -0.15) is 0 Å². The molecule has 2 aliphatic heterocycles. The molecule has 6 saturated carbocycles. The van der Waals surface area contributed by atoms with Crippen molar-refractivity contribution in [3.05, 3.63) is 0 Å². The molecule has 2 saturated heterocycles. The van der Waals surface area contributed by atoms with E-state index in [0.29, 0.717) is 73.1 Å². The number of ether oxygens (including phenoxy) is 4. The summed E-state index contributed by atoms with van der Waals surface area (Å²) in [6.07, 6.45) is 11.9. The van der Waals surface area contributed by atoms with Crippen LogP contribution in [-0.2, 0) is 23.7 Å². The number of fused-ring (bicyclic) bond motifs is 4. The Morgan fingerprint density at radius 2 is 1.75 bits per heavy atom. The SMILES string of the molecule is COC(=O)NCCC1C[C@@H](C)C2C(O1)[C@H](O)[C@@]1(C)[C@@H]3CC[C@H]4C(C)(C)[C@@H](OC5CN(C(=O)CC6CC6)CCO5)CC[C@@]45CC35CC[C@]21C. The number of amides is 2. The zero-order valence-electron chi connectivity index (χ0n) is 30.4. The molecule has 0 radical (unpaired) electrons. The summed E-state index contributed by atoms with van der Waals surface area (Å²) >= 11 is 0. The van der Waals surface area contributed by atoms with E-state index in [0.717, 1.165) is 32.1 Å². The maximum atomic E-state index is 12.9. The monoisotopic (exact) mass is 670 g/mol. The van der Waals surface area contributed by atoms with E-state index in [4.69, 9.17) is 18.9 Å². The number of nitrogens with one attached hydrogen (secondary N) is 1. The second-order valence-electron chi connectivity index (χ2n) is 18.8. The van der Waals surface area contributed by atoms with E-state index in [1.165, 1.54) is 45.6 Å². The molecular formula is C39H62N2O7. The second kappa shape index (κ2) is 11.5. The highest BCUT2D eigenvalue weighted by atomic mass is 16.7. The normalized spacial score (nSPS) is 50.2. The first-order valence-corrected chi connectivity index (χ1v) is 19.5. The molecule has 6 aliphatic carbocycles. The highest BCUT2D eigenvalue weighted by Crippen LogP contribution is 2.89. The number of nitrogens with zero attached hydrogens (tertiary/aromatic N) is 1. The first kappa shape index (κ1) is 33.7. The van der Waals surface area contributed by atoms with Gasteiger partial charge in [-0.25, -0.2) is 4.79 Å². The van der Waals surface area contributed by atoms with Gasteiger partial charge in [0.15, 0.2) is 6.29 Å². The van der Waals surface area contributed by atoms with Crippen LogP contribution < -0.4 is 5.32 Å². The Hall–Kier alpha value is -1.42. The van der Waals surface area contributed by atoms with E-state index in [9.17, 15) is 14.7 Å². The van der Waals surface area contributed by atoms with Crippen molar-refractivity contribution in [2.75, 3.05) is 33.4 Å². The third-order valence-corrected chi connectivity index (χ3v) is 16.6. The summed E-state index contributed by atoms with van der Waals surface area (Å²) in [5.74, 6) is 2.76. The zero-order chi connectivity index (χ0) is 33.9. The van der Waals surface area contributed by atoms with Crippen LogP contribution in [0.5, 0.6) is 0 Å². The van der Waals surface area contributed by atoms with Crippen LogP contribution in [0.2, 0.25) is 0 Å². The molecule has 5 unspecified atom stereocenters. The summed E-state index contributed by atoms with van der Waals surface area (Å²) in [7, 11) is 1.39. The lowest BCUT2D eigenvalue weighted by Crippen LogP contribution is -2.60. The van der Waals surface area contributed by atoms with Crippen LogP contribution >= 0.6 is 0 Å². The fraction of sp³-hybridized carbons (Fsp3) is 0.949. The van der Waals surface area contributed by atoms with Crippen molar-refractivity contribution >= 4 is 12.0 Å². The Bertz CT molecular complexity index is 1290. The average Bonchev–Trinajstić information content (AvgIpc) is 3.98. The van der Waals surface area contributed by atoms with Gasteiger partial charge in [0.2, 0.25) is 5.91 Å². The van der Waals surface area contributed by atoms with E-state index in [1.807, 2.05) is 4.90 Å². The van der Waals surface area contributed by atoms with Crippen LogP contribution in [0.1, 0.15) is 112 Å². The molecule has 2 heterocycles. The quantitative estimate of drug-likeness (QED) is 0.347. The molecular weight excluding hydrogens is 608 g/mol. The molecule has 8 aliphatic rings. The van der Waals surface area contributed by atoms with Crippen LogP contribution in [-0.4, -0.2) is 86.1 Å². The molecule has 0 aromatic carbocycles. The summed E-state index contributed by atoms with van der Waals surface area (Å²) in [4.78, 5) is 26.5. The Morgan fingerprint density at radius 3 is 2.50 bits per heavy atom. The second-order valence-corrected chi connectivity index (χ2v) is 18.8. The number of methoxy groups -OCH3 is 1. The maximum Gasteiger partial charge on any atom is 0.406 e. The third-order valence-electron chi connectivity index (χ3n) is 16.6. The highest BCUT2D eigenvalue weighted by molar-refractivity contribution is 5.76. The molecule has 0 aromatic heterocycles. The maximum absolute atomic E-state index is 12.9. The number of alkyl carbamates (subject to hydrolysis) is 1. The fourth-order valence-corrected chi connectivity index (χ4v) is 14.0. The number of rotatable bonds is 7. The molecule has 8 rings (SSSR count). The molecule has 0 aromatic rings. The third kappa shape index (κ3) is 4.74. The van der Waals surface area contributed by atoms with Crippen molar-refractivity contribution in [3.8, 4) is 0 Å². The Kier molecular flexibility index (Phi) is 8.11. The van der Waals surface area contributed by atoms with Crippen molar-refractivity contribution in [1.82, 2.24) is 10.2 Å². The number of morpholine rings is 1. The van der Waals surface area contributed by atoms with Crippen LogP contribution in [0, 0.1) is 56.7 Å². The molecule has 0 bridgehead atoms. The van der Waals surface area contributed by atoms with Crippen molar-refractivity contribution in [3.63, 3.8) is 0 Å². The van der Waals surface area contributed by atoms with Crippen molar-refractivity contribution in [2.45, 2.75) is 142 Å². The summed E-state index contributed by atoms with van der Waals surface area (Å²) in [5.41, 5.74) is 0.484. The highest BCUT2D eigenvalue weighted by Gasteiger charge is 2.84. The molecule has 2 N–H and O–H groups in total. The van der Waals surface area contributed by atoms with E-state index in [-0.39, 0.29) is 46.8 Å².